The maximum absolute atomic E-state index is 9.67. The molecule has 0 aromatic carbocycles. The molecule has 0 rings (SSSR count). The van der Waals surface area contributed by atoms with Gasteiger partial charge in [-0.3, -0.25) is 0 Å². The van der Waals surface area contributed by atoms with Crippen LogP contribution in [-0.4, -0.2) is 10.7 Å². The molecular weight excluding hydrogens is 124 g/mol. The predicted molar refractivity (Wildman–Crippen MR) is 45.0 cm³/mol. The first-order valence-corrected chi connectivity index (χ1v) is 4.08. The van der Waals surface area contributed by atoms with E-state index in [1.54, 1.807) is 0 Å². The summed E-state index contributed by atoms with van der Waals surface area (Å²) in [5, 5.41) is 9.67. The second-order valence-corrected chi connectivity index (χ2v) is 2.62. The molecule has 0 amide bonds. The van der Waals surface area contributed by atoms with Gasteiger partial charge < -0.3 is 5.11 Å². The smallest absolute Gasteiger partial charge is 0.0822 e. The highest BCUT2D eigenvalue weighted by molar-refractivity contribution is 4.98. The topological polar surface area (TPSA) is 20.2 Å². The number of rotatable bonds is 4. The van der Waals surface area contributed by atoms with Gasteiger partial charge >= 0.3 is 0 Å². The molecule has 60 valence electrons. The number of hydrogen-bond acceptors (Lipinski definition) is 1. The molecule has 0 saturated carbocycles. The van der Waals surface area contributed by atoms with Gasteiger partial charge in [-0.05, 0) is 19.3 Å². The summed E-state index contributed by atoms with van der Waals surface area (Å²) in [5.41, 5.74) is -0.546. The summed E-state index contributed by atoms with van der Waals surface area (Å²) in [7, 11) is 0. The second-order valence-electron chi connectivity index (χ2n) is 2.62. The molecule has 0 aromatic rings. The third-order valence-electron chi connectivity index (χ3n) is 1.89. The van der Waals surface area contributed by atoms with E-state index in [9.17, 15) is 5.11 Å². The minimum absolute atomic E-state index is 0.546. The quantitative estimate of drug-likeness (QED) is 0.598. The first-order chi connectivity index (χ1) is 4.68. The van der Waals surface area contributed by atoms with Crippen LogP contribution in [0.1, 0.15) is 40.0 Å². The van der Waals surface area contributed by atoms with E-state index in [4.69, 9.17) is 0 Å². The Labute approximate surface area is 63.8 Å². The van der Waals surface area contributed by atoms with Gasteiger partial charge in [-0.2, -0.15) is 0 Å². The molecule has 0 unspecified atom stereocenters. The van der Waals surface area contributed by atoms with E-state index in [0.29, 0.717) is 0 Å². The van der Waals surface area contributed by atoms with Gasteiger partial charge in [0.15, 0.2) is 0 Å². The van der Waals surface area contributed by atoms with E-state index in [2.05, 4.69) is 6.92 Å². The van der Waals surface area contributed by atoms with Crippen LogP contribution in [0.25, 0.3) is 0 Å². The minimum Gasteiger partial charge on any atom is -0.386 e. The lowest BCUT2D eigenvalue weighted by Gasteiger charge is -2.19. The van der Waals surface area contributed by atoms with Crippen molar-refractivity contribution in [1.82, 2.24) is 0 Å². The van der Waals surface area contributed by atoms with Crippen LogP contribution < -0.4 is 0 Å². The molecule has 0 spiro atoms. The fourth-order valence-electron chi connectivity index (χ4n) is 0.823. The molecule has 10 heavy (non-hydrogen) atoms. The summed E-state index contributed by atoms with van der Waals surface area (Å²) in [5.74, 6) is 0. The van der Waals surface area contributed by atoms with Crippen molar-refractivity contribution in [3.05, 3.63) is 12.2 Å². The summed E-state index contributed by atoms with van der Waals surface area (Å²) in [6.07, 6.45) is 6.54. The van der Waals surface area contributed by atoms with Crippen molar-refractivity contribution in [2.75, 3.05) is 0 Å². The Kier molecular flexibility index (Phi) is 4.37. The molecule has 0 aromatic heterocycles. The zero-order valence-electron chi connectivity index (χ0n) is 7.22. The summed E-state index contributed by atoms with van der Waals surface area (Å²) in [4.78, 5) is 0. The average Bonchev–Trinajstić information content (AvgIpc) is 2.00. The molecular formula is C9H18O. The lowest BCUT2D eigenvalue weighted by molar-refractivity contribution is 0.0825. The highest BCUT2D eigenvalue weighted by Gasteiger charge is 2.16. The molecule has 0 atom stereocenters. The van der Waals surface area contributed by atoms with E-state index in [1.165, 1.54) is 0 Å². The average molecular weight is 142 g/mol. The Morgan fingerprint density at radius 2 is 1.70 bits per heavy atom. The highest BCUT2D eigenvalue weighted by atomic mass is 16.3. The monoisotopic (exact) mass is 142 g/mol. The van der Waals surface area contributed by atoms with Crippen LogP contribution in [0.2, 0.25) is 0 Å². The van der Waals surface area contributed by atoms with Gasteiger partial charge in [-0.1, -0.05) is 32.9 Å². The van der Waals surface area contributed by atoms with Crippen molar-refractivity contribution in [2.45, 2.75) is 45.6 Å². The molecule has 0 heterocycles. The lowest BCUT2D eigenvalue weighted by Crippen LogP contribution is -2.22. The zero-order valence-corrected chi connectivity index (χ0v) is 7.22. The second kappa shape index (κ2) is 4.51. The van der Waals surface area contributed by atoms with E-state index < -0.39 is 5.60 Å². The Bertz CT molecular complexity index is 101. The van der Waals surface area contributed by atoms with Crippen LogP contribution in [0.5, 0.6) is 0 Å². The maximum Gasteiger partial charge on any atom is 0.0822 e. The van der Waals surface area contributed by atoms with Crippen LogP contribution in [0.4, 0.5) is 0 Å². The van der Waals surface area contributed by atoms with Crippen molar-refractivity contribution >= 4 is 0 Å². The molecule has 0 radical (unpaired) electrons. The van der Waals surface area contributed by atoms with Crippen LogP contribution in [0, 0.1) is 0 Å². The number of hydrogen-bond donors (Lipinski definition) is 1. The molecule has 0 fully saturated rings. The lowest BCUT2D eigenvalue weighted by atomic mass is 9.97. The highest BCUT2D eigenvalue weighted by Crippen LogP contribution is 2.15. The first kappa shape index (κ1) is 9.70. The van der Waals surface area contributed by atoms with E-state index in [-0.39, 0.29) is 0 Å². The van der Waals surface area contributed by atoms with Gasteiger partial charge in [-0.25, -0.2) is 0 Å². The summed E-state index contributed by atoms with van der Waals surface area (Å²) in [6, 6.07) is 0. The van der Waals surface area contributed by atoms with Crippen molar-refractivity contribution in [1.29, 1.82) is 0 Å². The van der Waals surface area contributed by atoms with Gasteiger partial charge in [0.2, 0.25) is 0 Å². The van der Waals surface area contributed by atoms with Crippen LogP contribution in [0.15, 0.2) is 12.2 Å². The van der Waals surface area contributed by atoms with Crippen LogP contribution in [-0.2, 0) is 0 Å². The summed E-state index contributed by atoms with van der Waals surface area (Å²) < 4.78 is 0. The Morgan fingerprint density at radius 1 is 1.20 bits per heavy atom. The van der Waals surface area contributed by atoms with Crippen LogP contribution >= 0.6 is 0 Å². The van der Waals surface area contributed by atoms with Gasteiger partial charge in [-0.15, -0.1) is 0 Å². The molecule has 1 nitrogen and oxygen atoms in total. The van der Waals surface area contributed by atoms with Crippen LogP contribution in [0.3, 0.4) is 0 Å². The Hall–Kier alpha value is -0.300. The minimum atomic E-state index is -0.546. The largest absolute Gasteiger partial charge is 0.386 e. The molecule has 0 saturated heterocycles. The van der Waals surface area contributed by atoms with Crippen molar-refractivity contribution in [3.8, 4) is 0 Å². The molecule has 0 aliphatic heterocycles. The van der Waals surface area contributed by atoms with E-state index in [0.717, 1.165) is 19.3 Å². The van der Waals surface area contributed by atoms with Gasteiger partial charge in [0, 0.05) is 0 Å². The SMILES string of the molecule is CCC=CC(O)(CC)CC. The third-order valence-corrected chi connectivity index (χ3v) is 1.89. The van der Waals surface area contributed by atoms with Gasteiger partial charge in [0.05, 0.1) is 5.60 Å². The molecule has 1 heteroatoms. The predicted octanol–water partition coefficient (Wildman–Crippen LogP) is 2.50. The van der Waals surface area contributed by atoms with E-state index >= 15 is 0 Å². The number of aliphatic hydroxyl groups is 1. The Morgan fingerprint density at radius 3 is 2.00 bits per heavy atom. The molecule has 0 aliphatic carbocycles. The normalized spacial score (nSPS) is 12.8. The first-order valence-electron chi connectivity index (χ1n) is 4.08. The fourth-order valence-corrected chi connectivity index (χ4v) is 0.823. The van der Waals surface area contributed by atoms with Gasteiger partial charge in [0.1, 0.15) is 0 Å². The zero-order chi connectivity index (χ0) is 8.04. The summed E-state index contributed by atoms with van der Waals surface area (Å²) in [6.45, 7) is 6.08. The van der Waals surface area contributed by atoms with Crippen molar-refractivity contribution in [2.24, 2.45) is 0 Å². The Balaban J connectivity index is 3.92. The summed E-state index contributed by atoms with van der Waals surface area (Å²) >= 11 is 0. The van der Waals surface area contributed by atoms with Crippen molar-refractivity contribution < 1.29 is 5.11 Å². The fraction of sp³-hybridized carbons (Fsp3) is 0.778. The molecule has 0 bridgehead atoms. The standard InChI is InChI=1S/C9H18O/c1-4-7-8-9(10,5-2)6-3/h7-8,10H,4-6H2,1-3H3. The molecule has 1 N–H and O–H groups in total. The number of allylic oxidation sites excluding steroid dienone is 1. The van der Waals surface area contributed by atoms with E-state index in [1.807, 2.05) is 26.0 Å². The molecule has 0 aliphatic rings. The van der Waals surface area contributed by atoms with Gasteiger partial charge in [0.25, 0.3) is 0 Å². The van der Waals surface area contributed by atoms with Crippen molar-refractivity contribution in [3.63, 3.8) is 0 Å². The third kappa shape index (κ3) is 3.02. The maximum atomic E-state index is 9.67.